The summed E-state index contributed by atoms with van der Waals surface area (Å²) in [5.74, 6) is 0.624. The number of nitrogens with two attached hydrogens (primary N) is 1. The first kappa shape index (κ1) is 13.8. The van der Waals surface area contributed by atoms with Gasteiger partial charge in [-0.3, -0.25) is 0 Å². The van der Waals surface area contributed by atoms with E-state index in [9.17, 15) is 4.39 Å². The van der Waals surface area contributed by atoms with Crippen LogP contribution in [0.1, 0.15) is 5.56 Å². The van der Waals surface area contributed by atoms with Gasteiger partial charge in [-0.05, 0) is 23.8 Å². The number of hydrogen-bond donors (Lipinski definition) is 1. The molecule has 3 rings (SSSR count). The first-order valence-corrected chi connectivity index (χ1v) is 7.25. The molecule has 0 unspecified atom stereocenters. The number of hydrogen-bond acceptors (Lipinski definition) is 5. The highest BCUT2D eigenvalue weighted by Gasteiger charge is 2.09. The maximum absolute atomic E-state index is 13.8. The van der Waals surface area contributed by atoms with E-state index in [-0.39, 0.29) is 5.82 Å². The van der Waals surface area contributed by atoms with Crippen molar-refractivity contribution in [2.24, 2.45) is 0 Å². The molecule has 0 radical (unpaired) electrons. The highest BCUT2D eigenvalue weighted by Crippen LogP contribution is 2.28. The number of nitrogen functional groups attached to an aromatic ring is 1. The lowest BCUT2D eigenvalue weighted by Gasteiger charge is -2.03. The van der Waals surface area contributed by atoms with Crippen molar-refractivity contribution in [2.75, 3.05) is 12.8 Å². The van der Waals surface area contributed by atoms with Crippen LogP contribution < -0.4 is 10.5 Å². The number of halogens is 1. The smallest absolute Gasteiger partial charge is 0.257 e. The van der Waals surface area contributed by atoms with E-state index in [1.807, 2.05) is 0 Å². The Bertz CT molecular complexity index is 788. The molecular formula is C15H13FN2O2S. The number of nitrogens with zero attached hydrogens (tertiary/aromatic N) is 1. The normalized spacial score (nSPS) is 11.0. The summed E-state index contributed by atoms with van der Waals surface area (Å²) in [5.41, 5.74) is 8.25. The van der Waals surface area contributed by atoms with E-state index in [1.54, 1.807) is 30.3 Å². The van der Waals surface area contributed by atoms with Gasteiger partial charge in [0.25, 0.3) is 5.22 Å². The van der Waals surface area contributed by atoms with Gasteiger partial charge in [0.1, 0.15) is 17.1 Å². The third kappa shape index (κ3) is 2.95. The summed E-state index contributed by atoms with van der Waals surface area (Å²) in [5, 5.41) is 0.491. The average molecular weight is 304 g/mol. The van der Waals surface area contributed by atoms with Crippen molar-refractivity contribution in [1.82, 2.24) is 4.98 Å². The fraction of sp³-hybridized carbons (Fsp3) is 0.133. The fourth-order valence-electron chi connectivity index (χ4n) is 1.89. The first-order valence-electron chi connectivity index (χ1n) is 6.27. The second-order valence-electron chi connectivity index (χ2n) is 4.45. The molecule has 0 fully saturated rings. The van der Waals surface area contributed by atoms with Gasteiger partial charge in [0.15, 0.2) is 5.58 Å². The Labute approximate surface area is 125 Å². The van der Waals surface area contributed by atoms with Crippen molar-refractivity contribution < 1.29 is 13.5 Å². The molecular weight excluding hydrogens is 291 g/mol. The molecule has 1 heterocycles. The average Bonchev–Trinajstić information content (AvgIpc) is 2.87. The van der Waals surface area contributed by atoms with Gasteiger partial charge >= 0.3 is 0 Å². The van der Waals surface area contributed by atoms with Crippen LogP contribution in [0.15, 0.2) is 46.0 Å². The Hall–Kier alpha value is -2.21. The third-order valence-electron chi connectivity index (χ3n) is 3.00. The van der Waals surface area contributed by atoms with Gasteiger partial charge in [0.05, 0.1) is 7.11 Å². The quantitative estimate of drug-likeness (QED) is 0.586. The highest BCUT2D eigenvalue weighted by atomic mass is 32.2. The van der Waals surface area contributed by atoms with Crippen LogP contribution in [0.2, 0.25) is 0 Å². The minimum absolute atomic E-state index is 0.304. The zero-order valence-electron chi connectivity index (χ0n) is 11.3. The van der Waals surface area contributed by atoms with Gasteiger partial charge in [-0.15, -0.1) is 0 Å². The number of fused-ring (bicyclic) bond motifs is 1. The molecule has 6 heteroatoms. The molecule has 4 nitrogen and oxygen atoms in total. The van der Waals surface area contributed by atoms with Gasteiger partial charge in [-0.2, -0.15) is 0 Å². The monoisotopic (exact) mass is 304 g/mol. The third-order valence-corrected chi connectivity index (χ3v) is 3.88. The Morgan fingerprint density at radius 3 is 2.90 bits per heavy atom. The summed E-state index contributed by atoms with van der Waals surface area (Å²) in [6, 6.07) is 10.1. The van der Waals surface area contributed by atoms with E-state index in [2.05, 4.69) is 4.98 Å². The van der Waals surface area contributed by atoms with E-state index in [1.165, 1.54) is 24.9 Å². The minimum atomic E-state index is -0.304. The lowest BCUT2D eigenvalue weighted by atomic mass is 10.2. The maximum atomic E-state index is 13.8. The van der Waals surface area contributed by atoms with Crippen LogP contribution in [0.5, 0.6) is 5.75 Å². The van der Waals surface area contributed by atoms with Gasteiger partial charge in [-0.1, -0.05) is 17.8 Å². The molecule has 0 saturated carbocycles. The largest absolute Gasteiger partial charge is 0.497 e. The van der Waals surface area contributed by atoms with E-state index < -0.39 is 0 Å². The molecule has 2 aromatic carbocycles. The summed E-state index contributed by atoms with van der Waals surface area (Å²) in [7, 11) is 1.51. The molecule has 0 saturated heterocycles. The number of ether oxygens (including phenoxy) is 1. The molecule has 0 amide bonds. The number of aromatic nitrogens is 1. The Morgan fingerprint density at radius 2 is 2.14 bits per heavy atom. The topological polar surface area (TPSA) is 61.3 Å². The van der Waals surface area contributed by atoms with Gasteiger partial charge in [0, 0.05) is 23.6 Å². The predicted octanol–water partition coefficient (Wildman–Crippen LogP) is 3.85. The van der Waals surface area contributed by atoms with Crippen molar-refractivity contribution in [2.45, 2.75) is 11.0 Å². The van der Waals surface area contributed by atoms with Gasteiger partial charge in [-0.25, -0.2) is 9.37 Å². The van der Waals surface area contributed by atoms with Crippen LogP contribution in [-0.2, 0) is 5.75 Å². The molecule has 0 atom stereocenters. The summed E-state index contributed by atoms with van der Waals surface area (Å²) in [4.78, 5) is 4.33. The number of anilines is 1. The fourth-order valence-corrected chi connectivity index (χ4v) is 2.72. The zero-order valence-corrected chi connectivity index (χ0v) is 12.1. The second-order valence-corrected chi connectivity index (χ2v) is 5.38. The standard InChI is InChI=1S/C15H13FN2O2S/c1-19-11-4-2-9(12(16)7-11)8-21-15-18-13-5-3-10(17)6-14(13)20-15/h2-7H,8,17H2,1H3. The van der Waals surface area contributed by atoms with Crippen molar-refractivity contribution in [3.8, 4) is 5.75 Å². The van der Waals surface area contributed by atoms with Crippen LogP contribution in [0.25, 0.3) is 11.1 Å². The van der Waals surface area contributed by atoms with Crippen LogP contribution >= 0.6 is 11.8 Å². The lowest BCUT2D eigenvalue weighted by Crippen LogP contribution is -1.90. The number of methoxy groups -OCH3 is 1. The van der Waals surface area contributed by atoms with Crippen LogP contribution in [-0.4, -0.2) is 12.1 Å². The Balaban J connectivity index is 1.77. The molecule has 3 aromatic rings. The summed E-state index contributed by atoms with van der Waals surface area (Å²) >= 11 is 1.33. The summed E-state index contributed by atoms with van der Waals surface area (Å²) < 4.78 is 24.4. The first-order chi connectivity index (χ1) is 10.2. The number of oxazole rings is 1. The van der Waals surface area contributed by atoms with E-state index >= 15 is 0 Å². The molecule has 0 bridgehead atoms. The van der Waals surface area contributed by atoms with Crippen molar-refractivity contribution in [3.63, 3.8) is 0 Å². The van der Waals surface area contributed by atoms with E-state index in [0.717, 1.165) is 5.52 Å². The Morgan fingerprint density at radius 1 is 1.29 bits per heavy atom. The molecule has 0 aliphatic carbocycles. The summed E-state index contributed by atoms with van der Waals surface area (Å²) in [6.07, 6.45) is 0. The zero-order chi connectivity index (χ0) is 14.8. The van der Waals surface area contributed by atoms with Crippen LogP contribution in [0.3, 0.4) is 0 Å². The van der Waals surface area contributed by atoms with Crippen molar-refractivity contribution in [1.29, 1.82) is 0 Å². The van der Waals surface area contributed by atoms with E-state index in [4.69, 9.17) is 14.9 Å². The molecule has 21 heavy (non-hydrogen) atoms. The summed E-state index contributed by atoms with van der Waals surface area (Å²) in [6.45, 7) is 0. The van der Waals surface area contributed by atoms with Crippen LogP contribution in [0, 0.1) is 5.82 Å². The van der Waals surface area contributed by atoms with Crippen molar-refractivity contribution >= 4 is 28.5 Å². The van der Waals surface area contributed by atoms with Crippen molar-refractivity contribution in [3.05, 3.63) is 47.8 Å². The lowest BCUT2D eigenvalue weighted by molar-refractivity contribution is 0.411. The molecule has 1 aromatic heterocycles. The molecule has 0 spiro atoms. The Kier molecular flexibility index (Phi) is 3.70. The number of rotatable bonds is 4. The minimum Gasteiger partial charge on any atom is -0.497 e. The molecule has 0 aliphatic heterocycles. The van der Waals surface area contributed by atoms with Crippen LogP contribution in [0.4, 0.5) is 10.1 Å². The van der Waals surface area contributed by atoms with Gasteiger partial charge in [0.2, 0.25) is 0 Å². The molecule has 108 valence electrons. The SMILES string of the molecule is COc1ccc(CSc2nc3ccc(N)cc3o2)c(F)c1. The van der Waals surface area contributed by atoms with Gasteiger partial charge < -0.3 is 14.9 Å². The molecule has 2 N–H and O–H groups in total. The second kappa shape index (κ2) is 5.65. The molecule has 0 aliphatic rings. The maximum Gasteiger partial charge on any atom is 0.257 e. The number of thioether (sulfide) groups is 1. The highest BCUT2D eigenvalue weighted by molar-refractivity contribution is 7.98. The predicted molar refractivity (Wildman–Crippen MR) is 80.9 cm³/mol. The van der Waals surface area contributed by atoms with E-state index in [0.29, 0.717) is 33.6 Å². The number of benzene rings is 2.